The third-order valence-electron chi connectivity index (χ3n) is 2.85. The molecule has 0 bridgehead atoms. The van der Waals surface area contributed by atoms with Crippen LogP contribution in [0.4, 0.5) is 0 Å². The summed E-state index contributed by atoms with van der Waals surface area (Å²) in [6, 6.07) is 9.21. The Labute approximate surface area is 124 Å². The first-order valence-corrected chi connectivity index (χ1v) is 6.32. The van der Waals surface area contributed by atoms with E-state index in [1.165, 1.54) is 18.4 Å². The van der Waals surface area contributed by atoms with E-state index in [4.69, 9.17) is 0 Å². The number of halogens is 3. The molecule has 2 nitrogen and oxygen atoms in total. The highest BCUT2D eigenvalue weighted by molar-refractivity contribution is 9.10. The van der Waals surface area contributed by atoms with Gasteiger partial charge in [-0.05, 0) is 43.6 Å². The van der Waals surface area contributed by atoms with Crippen molar-refractivity contribution in [2.45, 2.75) is 25.4 Å². The predicted molar refractivity (Wildman–Crippen MR) is 81.4 cm³/mol. The van der Waals surface area contributed by atoms with Crippen molar-refractivity contribution >= 4 is 40.7 Å². The molecule has 1 aliphatic heterocycles. The Bertz CT molecular complexity index is 300. The van der Waals surface area contributed by atoms with Gasteiger partial charge in [0.2, 0.25) is 0 Å². The summed E-state index contributed by atoms with van der Waals surface area (Å²) in [7, 11) is 0. The third-order valence-corrected chi connectivity index (χ3v) is 3.38. The molecule has 2 N–H and O–H groups in total. The fourth-order valence-corrected chi connectivity index (χ4v) is 2.15. The zero-order valence-corrected chi connectivity index (χ0v) is 12.8. The molecule has 2 rings (SSSR count). The van der Waals surface area contributed by atoms with Crippen molar-refractivity contribution in [1.82, 2.24) is 10.6 Å². The van der Waals surface area contributed by atoms with Crippen molar-refractivity contribution in [2.75, 3.05) is 13.1 Å². The van der Waals surface area contributed by atoms with E-state index in [0.717, 1.165) is 24.1 Å². The summed E-state index contributed by atoms with van der Waals surface area (Å²) in [6.45, 7) is 3.29. The lowest BCUT2D eigenvalue weighted by atomic mass is 10.1. The summed E-state index contributed by atoms with van der Waals surface area (Å²) in [5, 5.41) is 6.98. The number of hydrogen-bond donors (Lipinski definition) is 2. The SMILES string of the molecule is Brc1ccc(CNC2CCNCC2)cc1.Cl.Cl. The molecule has 0 amide bonds. The number of nitrogens with one attached hydrogen (secondary N) is 2. The lowest BCUT2D eigenvalue weighted by Crippen LogP contribution is -2.39. The van der Waals surface area contributed by atoms with E-state index in [9.17, 15) is 0 Å². The summed E-state index contributed by atoms with van der Waals surface area (Å²) in [6.07, 6.45) is 2.49. The quantitative estimate of drug-likeness (QED) is 0.882. The van der Waals surface area contributed by atoms with Gasteiger partial charge < -0.3 is 10.6 Å². The lowest BCUT2D eigenvalue weighted by Gasteiger charge is -2.23. The monoisotopic (exact) mass is 340 g/mol. The van der Waals surface area contributed by atoms with E-state index in [1.54, 1.807) is 0 Å². The van der Waals surface area contributed by atoms with Crippen molar-refractivity contribution in [1.29, 1.82) is 0 Å². The Balaban J connectivity index is 0.00000128. The number of rotatable bonds is 3. The second-order valence-electron chi connectivity index (χ2n) is 4.03. The van der Waals surface area contributed by atoms with E-state index in [-0.39, 0.29) is 24.8 Å². The normalized spacial score (nSPS) is 15.8. The van der Waals surface area contributed by atoms with Gasteiger partial charge in [-0.3, -0.25) is 0 Å². The van der Waals surface area contributed by atoms with Crippen molar-refractivity contribution in [3.8, 4) is 0 Å². The Kier molecular flexibility index (Phi) is 9.28. The average molecular weight is 342 g/mol. The minimum Gasteiger partial charge on any atom is -0.317 e. The zero-order chi connectivity index (χ0) is 10.5. The van der Waals surface area contributed by atoms with Crippen LogP contribution in [0.3, 0.4) is 0 Å². The molecule has 1 aromatic rings. The van der Waals surface area contributed by atoms with Crippen molar-refractivity contribution in [2.24, 2.45) is 0 Å². The number of benzene rings is 1. The molecular formula is C12H19BrCl2N2. The molecule has 1 aliphatic rings. The summed E-state index contributed by atoms with van der Waals surface area (Å²) in [5.41, 5.74) is 1.36. The molecular weight excluding hydrogens is 323 g/mol. The maximum Gasteiger partial charge on any atom is 0.0208 e. The van der Waals surface area contributed by atoms with E-state index < -0.39 is 0 Å². The highest BCUT2D eigenvalue weighted by Gasteiger charge is 2.11. The van der Waals surface area contributed by atoms with Crippen molar-refractivity contribution in [3.63, 3.8) is 0 Å². The topological polar surface area (TPSA) is 24.1 Å². The Hall–Kier alpha value is 0.200. The Morgan fingerprint density at radius 2 is 1.71 bits per heavy atom. The van der Waals surface area contributed by atoms with E-state index in [2.05, 4.69) is 50.8 Å². The molecule has 0 unspecified atom stereocenters. The van der Waals surface area contributed by atoms with Gasteiger partial charge in [0.1, 0.15) is 0 Å². The van der Waals surface area contributed by atoms with Gasteiger partial charge in [0.25, 0.3) is 0 Å². The van der Waals surface area contributed by atoms with Gasteiger partial charge in [0.05, 0.1) is 0 Å². The predicted octanol–water partition coefficient (Wildman–Crippen LogP) is 3.13. The second kappa shape index (κ2) is 9.17. The van der Waals surface area contributed by atoms with Gasteiger partial charge in [0, 0.05) is 17.1 Å². The Morgan fingerprint density at radius 1 is 1.12 bits per heavy atom. The van der Waals surface area contributed by atoms with Crippen LogP contribution in [0.5, 0.6) is 0 Å². The second-order valence-corrected chi connectivity index (χ2v) is 4.95. The number of piperidine rings is 1. The van der Waals surface area contributed by atoms with Crippen LogP contribution < -0.4 is 10.6 Å². The highest BCUT2D eigenvalue weighted by atomic mass is 79.9. The molecule has 17 heavy (non-hydrogen) atoms. The summed E-state index contributed by atoms with van der Waals surface area (Å²) in [5.74, 6) is 0. The molecule has 5 heteroatoms. The fourth-order valence-electron chi connectivity index (χ4n) is 1.89. The fraction of sp³-hybridized carbons (Fsp3) is 0.500. The molecule has 1 heterocycles. The summed E-state index contributed by atoms with van der Waals surface area (Å²) < 4.78 is 1.15. The molecule has 1 fully saturated rings. The van der Waals surface area contributed by atoms with Crippen LogP contribution in [0.2, 0.25) is 0 Å². The number of hydrogen-bond acceptors (Lipinski definition) is 2. The molecule has 0 radical (unpaired) electrons. The first-order valence-electron chi connectivity index (χ1n) is 5.53. The van der Waals surface area contributed by atoms with Crippen LogP contribution >= 0.6 is 40.7 Å². The van der Waals surface area contributed by atoms with Gasteiger partial charge in [0.15, 0.2) is 0 Å². The molecule has 0 spiro atoms. The minimum absolute atomic E-state index is 0. The van der Waals surface area contributed by atoms with E-state index in [1.807, 2.05) is 0 Å². The van der Waals surface area contributed by atoms with Gasteiger partial charge >= 0.3 is 0 Å². The zero-order valence-electron chi connectivity index (χ0n) is 9.62. The van der Waals surface area contributed by atoms with Gasteiger partial charge in [-0.15, -0.1) is 24.8 Å². The van der Waals surface area contributed by atoms with E-state index in [0.29, 0.717) is 6.04 Å². The maximum absolute atomic E-state index is 3.60. The van der Waals surface area contributed by atoms with Crippen molar-refractivity contribution < 1.29 is 0 Å². The van der Waals surface area contributed by atoms with Gasteiger partial charge in [-0.2, -0.15) is 0 Å². The first-order chi connectivity index (χ1) is 7.34. The minimum atomic E-state index is 0. The van der Waals surface area contributed by atoms with Crippen molar-refractivity contribution in [3.05, 3.63) is 34.3 Å². The largest absolute Gasteiger partial charge is 0.317 e. The summed E-state index contributed by atoms with van der Waals surface area (Å²) in [4.78, 5) is 0. The molecule has 0 aliphatic carbocycles. The molecule has 0 atom stereocenters. The van der Waals surface area contributed by atoms with Crippen LogP contribution in [0.1, 0.15) is 18.4 Å². The summed E-state index contributed by atoms with van der Waals surface area (Å²) >= 11 is 3.44. The lowest BCUT2D eigenvalue weighted by molar-refractivity contribution is 0.386. The molecule has 1 saturated heterocycles. The maximum atomic E-state index is 3.60. The average Bonchev–Trinajstić information content (AvgIpc) is 2.30. The molecule has 0 aromatic heterocycles. The molecule has 1 aromatic carbocycles. The van der Waals surface area contributed by atoms with Crippen LogP contribution in [0, 0.1) is 0 Å². The highest BCUT2D eigenvalue weighted by Crippen LogP contribution is 2.11. The van der Waals surface area contributed by atoms with Gasteiger partial charge in [-0.1, -0.05) is 28.1 Å². The molecule has 98 valence electrons. The van der Waals surface area contributed by atoms with Crippen LogP contribution in [-0.2, 0) is 6.54 Å². The molecule has 0 saturated carbocycles. The van der Waals surface area contributed by atoms with Crippen LogP contribution in [0.15, 0.2) is 28.7 Å². The van der Waals surface area contributed by atoms with Gasteiger partial charge in [-0.25, -0.2) is 0 Å². The third kappa shape index (κ3) is 6.07. The standard InChI is InChI=1S/C12H17BrN2.2ClH/c13-11-3-1-10(2-4-11)9-15-12-5-7-14-8-6-12;;/h1-4,12,14-15H,5-9H2;2*1H. The first kappa shape index (κ1) is 17.2. The van der Waals surface area contributed by atoms with Crippen LogP contribution in [0.25, 0.3) is 0 Å². The smallest absolute Gasteiger partial charge is 0.0208 e. The van der Waals surface area contributed by atoms with E-state index >= 15 is 0 Å². The Morgan fingerprint density at radius 3 is 2.29 bits per heavy atom. The van der Waals surface area contributed by atoms with Crippen LogP contribution in [-0.4, -0.2) is 19.1 Å².